The molecule has 23 heavy (non-hydrogen) atoms. The van der Waals surface area contributed by atoms with Crippen LogP contribution in [0.1, 0.15) is 5.56 Å². The van der Waals surface area contributed by atoms with Gasteiger partial charge in [0.05, 0.1) is 11.3 Å². The van der Waals surface area contributed by atoms with Gasteiger partial charge in [0, 0.05) is 32.4 Å². The lowest BCUT2D eigenvalue weighted by atomic mass is 10.1. The van der Waals surface area contributed by atoms with Gasteiger partial charge < -0.3 is 10.0 Å². The second-order valence-corrected chi connectivity index (χ2v) is 7.40. The molecular formula is C14H19N3O5S. The van der Waals surface area contributed by atoms with Gasteiger partial charge in [-0.25, -0.2) is 18.2 Å². The van der Waals surface area contributed by atoms with Crippen molar-refractivity contribution in [2.75, 3.05) is 32.4 Å². The first kappa shape index (κ1) is 17.2. The van der Waals surface area contributed by atoms with Crippen molar-refractivity contribution in [2.24, 2.45) is 0 Å². The third kappa shape index (κ3) is 4.93. The van der Waals surface area contributed by atoms with Crippen LogP contribution in [-0.4, -0.2) is 67.9 Å². The molecular weight excluding hydrogens is 322 g/mol. The van der Waals surface area contributed by atoms with Gasteiger partial charge in [-0.3, -0.25) is 10.2 Å². The normalized spacial score (nSPS) is 16.1. The van der Waals surface area contributed by atoms with E-state index >= 15 is 0 Å². The van der Waals surface area contributed by atoms with Crippen LogP contribution in [0.4, 0.5) is 4.79 Å². The maximum absolute atomic E-state index is 12.0. The van der Waals surface area contributed by atoms with E-state index in [4.69, 9.17) is 5.11 Å². The van der Waals surface area contributed by atoms with Crippen LogP contribution in [0.3, 0.4) is 0 Å². The van der Waals surface area contributed by atoms with Crippen LogP contribution in [0.5, 0.6) is 0 Å². The number of benzene rings is 1. The Labute approximate surface area is 134 Å². The highest BCUT2D eigenvalue weighted by atomic mass is 32.2. The fourth-order valence-corrected chi connectivity index (χ4v) is 2.90. The number of carbonyl (C=O) groups excluding carboxylic acids is 1. The molecule has 126 valence electrons. The fraction of sp³-hybridized carbons (Fsp3) is 0.429. The number of nitrogens with one attached hydrogen (secondary N) is 1. The lowest BCUT2D eigenvalue weighted by Gasteiger charge is -2.33. The highest BCUT2D eigenvalue weighted by Gasteiger charge is 2.21. The minimum absolute atomic E-state index is 0.128. The third-order valence-corrected chi connectivity index (χ3v) is 4.68. The van der Waals surface area contributed by atoms with Crippen molar-refractivity contribution in [3.63, 3.8) is 0 Å². The smallest absolute Gasteiger partial charge is 0.407 e. The number of sulfone groups is 1. The zero-order valence-corrected chi connectivity index (χ0v) is 13.5. The molecule has 0 aliphatic carbocycles. The zero-order chi connectivity index (χ0) is 17.0. The van der Waals surface area contributed by atoms with Gasteiger partial charge in [-0.15, -0.1) is 0 Å². The summed E-state index contributed by atoms with van der Waals surface area (Å²) in [6.07, 6.45) is 0.302. The molecule has 2 amide bonds. The third-order valence-electron chi connectivity index (χ3n) is 3.55. The molecule has 1 aromatic carbocycles. The van der Waals surface area contributed by atoms with E-state index in [0.29, 0.717) is 31.7 Å². The van der Waals surface area contributed by atoms with Crippen molar-refractivity contribution in [1.29, 1.82) is 0 Å². The molecule has 1 fully saturated rings. The van der Waals surface area contributed by atoms with E-state index in [1.807, 2.05) is 0 Å². The highest BCUT2D eigenvalue weighted by Crippen LogP contribution is 2.11. The summed E-state index contributed by atoms with van der Waals surface area (Å²) in [5, 5.41) is 10.5. The van der Waals surface area contributed by atoms with E-state index < -0.39 is 15.9 Å². The predicted molar refractivity (Wildman–Crippen MR) is 82.6 cm³/mol. The molecule has 0 saturated carbocycles. The summed E-state index contributed by atoms with van der Waals surface area (Å²) in [7, 11) is -3.24. The number of hydrogen-bond donors (Lipinski definition) is 2. The lowest BCUT2D eigenvalue weighted by molar-refractivity contribution is -0.125. The first-order valence-corrected chi connectivity index (χ1v) is 8.96. The molecule has 1 aliphatic heterocycles. The summed E-state index contributed by atoms with van der Waals surface area (Å²) < 4.78 is 22.7. The first-order valence-electron chi connectivity index (χ1n) is 7.07. The van der Waals surface area contributed by atoms with Gasteiger partial charge in [-0.2, -0.15) is 0 Å². The Bertz CT molecular complexity index is 679. The number of rotatable bonds is 4. The van der Waals surface area contributed by atoms with Crippen LogP contribution in [0.2, 0.25) is 0 Å². The Morgan fingerprint density at radius 3 is 2.17 bits per heavy atom. The molecule has 9 heteroatoms. The minimum atomic E-state index is -3.24. The van der Waals surface area contributed by atoms with E-state index in [-0.39, 0.29) is 17.2 Å². The number of amides is 2. The second kappa shape index (κ2) is 6.97. The quantitative estimate of drug-likeness (QED) is 0.796. The molecule has 2 N–H and O–H groups in total. The zero-order valence-electron chi connectivity index (χ0n) is 12.7. The van der Waals surface area contributed by atoms with E-state index in [2.05, 4.69) is 5.43 Å². The van der Waals surface area contributed by atoms with E-state index in [0.717, 1.165) is 6.26 Å². The van der Waals surface area contributed by atoms with Crippen molar-refractivity contribution in [3.8, 4) is 0 Å². The van der Waals surface area contributed by atoms with Gasteiger partial charge in [-0.05, 0) is 17.7 Å². The van der Waals surface area contributed by atoms with Crippen LogP contribution in [0, 0.1) is 0 Å². The highest BCUT2D eigenvalue weighted by molar-refractivity contribution is 7.90. The number of piperazine rings is 1. The minimum Gasteiger partial charge on any atom is -0.465 e. The molecule has 1 heterocycles. The maximum Gasteiger partial charge on any atom is 0.407 e. The summed E-state index contributed by atoms with van der Waals surface area (Å²) in [5.41, 5.74) is 3.44. The molecule has 0 radical (unpaired) electrons. The van der Waals surface area contributed by atoms with Crippen molar-refractivity contribution >= 4 is 21.8 Å². The topological polar surface area (TPSA) is 107 Å². The first-order chi connectivity index (χ1) is 10.8. The van der Waals surface area contributed by atoms with Gasteiger partial charge in [0.1, 0.15) is 0 Å². The average Bonchev–Trinajstić information content (AvgIpc) is 2.47. The van der Waals surface area contributed by atoms with E-state index in [1.54, 1.807) is 17.1 Å². The Balaban J connectivity index is 1.85. The predicted octanol–water partition coefficient (Wildman–Crippen LogP) is -0.0406. The SMILES string of the molecule is CS(=O)(=O)c1ccc(CC(=O)NN2CCN(C(=O)O)CC2)cc1. The number of hydrogen-bond acceptors (Lipinski definition) is 5. The van der Waals surface area contributed by atoms with Crippen LogP contribution < -0.4 is 5.43 Å². The standard InChI is InChI=1S/C14H19N3O5S/c1-23(21,22)12-4-2-11(3-5-12)10-13(18)15-17-8-6-16(7-9-17)14(19)20/h2-5H,6-10H2,1H3,(H,15,18)(H,19,20). The van der Waals surface area contributed by atoms with Crippen LogP contribution >= 0.6 is 0 Å². The number of carboxylic acid groups (broad SMARTS) is 1. The van der Waals surface area contributed by atoms with E-state index in [1.165, 1.54) is 17.0 Å². The Hall–Kier alpha value is -2.13. The summed E-state index contributed by atoms with van der Waals surface area (Å²) in [6, 6.07) is 6.17. The van der Waals surface area contributed by atoms with E-state index in [9.17, 15) is 18.0 Å². The Morgan fingerprint density at radius 2 is 1.70 bits per heavy atom. The van der Waals surface area contributed by atoms with Crippen LogP contribution in [0.15, 0.2) is 29.2 Å². The molecule has 1 saturated heterocycles. The summed E-state index contributed by atoms with van der Waals surface area (Å²) in [6.45, 7) is 1.56. The monoisotopic (exact) mass is 341 g/mol. The molecule has 1 aliphatic rings. The Morgan fingerprint density at radius 1 is 1.13 bits per heavy atom. The number of carbonyl (C=O) groups is 2. The van der Waals surface area contributed by atoms with Crippen molar-refractivity contribution in [3.05, 3.63) is 29.8 Å². The van der Waals surface area contributed by atoms with Crippen molar-refractivity contribution in [1.82, 2.24) is 15.3 Å². The molecule has 0 unspecified atom stereocenters. The van der Waals surface area contributed by atoms with Gasteiger partial charge in [-0.1, -0.05) is 12.1 Å². The lowest BCUT2D eigenvalue weighted by Crippen LogP contribution is -2.54. The number of hydrazine groups is 1. The van der Waals surface area contributed by atoms with Gasteiger partial charge >= 0.3 is 6.09 Å². The summed E-state index contributed by atoms with van der Waals surface area (Å²) in [5.74, 6) is -0.221. The molecule has 0 bridgehead atoms. The van der Waals surface area contributed by atoms with Gasteiger partial charge in [0.2, 0.25) is 5.91 Å². The van der Waals surface area contributed by atoms with Crippen molar-refractivity contribution < 1.29 is 23.1 Å². The van der Waals surface area contributed by atoms with Crippen LogP contribution in [-0.2, 0) is 21.1 Å². The number of nitrogens with zero attached hydrogens (tertiary/aromatic N) is 2. The maximum atomic E-state index is 12.0. The largest absolute Gasteiger partial charge is 0.465 e. The second-order valence-electron chi connectivity index (χ2n) is 5.38. The molecule has 0 atom stereocenters. The molecule has 8 nitrogen and oxygen atoms in total. The van der Waals surface area contributed by atoms with Crippen molar-refractivity contribution in [2.45, 2.75) is 11.3 Å². The fourth-order valence-electron chi connectivity index (χ4n) is 2.27. The molecule has 0 aromatic heterocycles. The van der Waals surface area contributed by atoms with Gasteiger partial charge in [0.25, 0.3) is 0 Å². The molecule has 0 spiro atoms. The summed E-state index contributed by atoms with van der Waals surface area (Å²) >= 11 is 0. The molecule has 1 aromatic rings. The van der Waals surface area contributed by atoms with Gasteiger partial charge in [0.15, 0.2) is 9.84 Å². The average molecular weight is 341 g/mol. The van der Waals surface area contributed by atoms with Crippen LogP contribution in [0.25, 0.3) is 0 Å². The molecule has 2 rings (SSSR count). The summed E-state index contributed by atoms with van der Waals surface area (Å²) in [4.78, 5) is 24.3. The Kier molecular flexibility index (Phi) is 5.22.